The molecule has 1 heteroatoms. The van der Waals surface area contributed by atoms with Crippen molar-refractivity contribution in [3.8, 4) is 0 Å². The van der Waals surface area contributed by atoms with Crippen LogP contribution in [0.1, 0.15) is 27.6 Å². The second-order valence-electron chi connectivity index (χ2n) is 4.13. The average molecular weight is 231 g/mol. The number of benzene rings is 2. The molecule has 1 unspecified atom stereocenters. The summed E-state index contributed by atoms with van der Waals surface area (Å²) >= 11 is 6.49. The summed E-state index contributed by atoms with van der Waals surface area (Å²) in [5, 5.41) is -0.0539. The Kier molecular flexibility index (Phi) is 3.31. The summed E-state index contributed by atoms with van der Waals surface area (Å²) < 4.78 is 0. The first-order valence-corrected chi connectivity index (χ1v) is 5.88. The summed E-state index contributed by atoms with van der Waals surface area (Å²) in [4.78, 5) is 0. The minimum Gasteiger partial charge on any atom is -0.113 e. The van der Waals surface area contributed by atoms with Gasteiger partial charge in [0.1, 0.15) is 0 Å². The van der Waals surface area contributed by atoms with E-state index in [1.165, 1.54) is 16.7 Å². The molecule has 2 aromatic carbocycles. The second kappa shape index (κ2) is 4.71. The summed E-state index contributed by atoms with van der Waals surface area (Å²) in [6.45, 7) is 4.21. The lowest BCUT2D eigenvalue weighted by Crippen LogP contribution is -1.96. The summed E-state index contributed by atoms with van der Waals surface area (Å²) in [6, 6.07) is 16.6. The molecule has 0 aliphatic carbocycles. The molecular formula is C15H15Cl. The van der Waals surface area contributed by atoms with Crippen LogP contribution in [-0.4, -0.2) is 0 Å². The molecule has 1 atom stereocenters. The molecule has 0 nitrogen and oxygen atoms in total. The van der Waals surface area contributed by atoms with E-state index >= 15 is 0 Å². The van der Waals surface area contributed by atoms with Gasteiger partial charge in [-0.3, -0.25) is 0 Å². The van der Waals surface area contributed by atoms with Crippen molar-refractivity contribution in [2.24, 2.45) is 0 Å². The molecule has 0 saturated heterocycles. The van der Waals surface area contributed by atoms with Gasteiger partial charge in [-0.05, 0) is 30.5 Å². The van der Waals surface area contributed by atoms with E-state index in [-0.39, 0.29) is 5.38 Å². The third-order valence-corrected chi connectivity index (χ3v) is 3.28. The predicted molar refractivity (Wildman–Crippen MR) is 70.1 cm³/mol. The van der Waals surface area contributed by atoms with Gasteiger partial charge in [-0.25, -0.2) is 0 Å². The van der Waals surface area contributed by atoms with Crippen LogP contribution in [-0.2, 0) is 0 Å². The van der Waals surface area contributed by atoms with E-state index < -0.39 is 0 Å². The molecule has 0 amide bonds. The molecule has 0 aromatic heterocycles. The van der Waals surface area contributed by atoms with Crippen molar-refractivity contribution >= 4 is 11.6 Å². The number of rotatable bonds is 2. The fourth-order valence-electron chi connectivity index (χ4n) is 1.91. The van der Waals surface area contributed by atoms with Gasteiger partial charge in [0.05, 0.1) is 5.38 Å². The highest BCUT2D eigenvalue weighted by Crippen LogP contribution is 2.30. The molecule has 16 heavy (non-hydrogen) atoms. The van der Waals surface area contributed by atoms with Crippen molar-refractivity contribution in [1.82, 2.24) is 0 Å². The molecule has 82 valence electrons. The topological polar surface area (TPSA) is 0 Å². The Morgan fingerprint density at radius 2 is 1.62 bits per heavy atom. The van der Waals surface area contributed by atoms with Crippen LogP contribution >= 0.6 is 11.6 Å². The lowest BCUT2D eigenvalue weighted by atomic mass is 9.98. The van der Waals surface area contributed by atoms with E-state index in [0.717, 1.165) is 5.56 Å². The van der Waals surface area contributed by atoms with Gasteiger partial charge in [-0.15, -0.1) is 11.6 Å². The maximum Gasteiger partial charge on any atom is 0.0838 e. The lowest BCUT2D eigenvalue weighted by molar-refractivity contribution is 1.10. The zero-order valence-electron chi connectivity index (χ0n) is 9.57. The highest BCUT2D eigenvalue weighted by atomic mass is 35.5. The molecule has 0 radical (unpaired) electrons. The molecule has 0 heterocycles. The molecule has 0 aliphatic heterocycles. The molecule has 0 N–H and O–H groups in total. The van der Waals surface area contributed by atoms with E-state index in [1.807, 2.05) is 18.2 Å². The Labute approximate surface area is 102 Å². The van der Waals surface area contributed by atoms with Crippen molar-refractivity contribution in [1.29, 1.82) is 0 Å². The van der Waals surface area contributed by atoms with E-state index in [4.69, 9.17) is 11.6 Å². The predicted octanol–water partition coefficient (Wildman–Crippen LogP) is 4.63. The van der Waals surface area contributed by atoms with Crippen LogP contribution < -0.4 is 0 Å². The van der Waals surface area contributed by atoms with Crippen LogP contribution in [0.15, 0.2) is 48.5 Å². The Hall–Kier alpha value is -1.27. The van der Waals surface area contributed by atoms with Gasteiger partial charge in [-0.1, -0.05) is 54.1 Å². The first kappa shape index (κ1) is 11.2. The normalized spacial score (nSPS) is 12.4. The van der Waals surface area contributed by atoms with E-state index in [2.05, 4.69) is 44.2 Å². The molecule has 2 aromatic rings. The highest BCUT2D eigenvalue weighted by Gasteiger charge is 2.12. The summed E-state index contributed by atoms with van der Waals surface area (Å²) in [6.07, 6.45) is 0. The molecule has 0 bridgehead atoms. The van der Waals surface area contributed by atoms with Gasteiger partial charge >= 0.3 is 0 Å². The summed E-state index contributed by atoms with van der Waals surface area (Å²) in [5.41, 5.74) is 4.87. The fourth-order valence-corrected chi connectivity index (χ4v) is 2.30. The Bertz CT molecular complexity index is 474. The number of alkyl halides is 1. The standard InChI is InChI=1S/C15H15Cl/c1-11-8-9-14(12(2)10-11)15(16)13-6-4-3-5-7-13/h3-10,15H,1-2H3. The van der Waals surface area contributed by atoms with Gasteiger partial charge < -0.3 is 0 Å². The number of halogens is 1. The molecule has 2 rings (SSSR count). The van der Waals surface area contributed by atoms with Crippen LogP contribution in [0.3, 0.4) is 0 Å². The monoisotopic (exact) mass is 230 g/mol. The van der Waals surface area contributed by atoms with Crippen molar-refractivity contribution < 1.29 is 0 Å². The van der Waals surface area contributed by atoms with Crippen LogP contribution in [0, 0.1) is 13.8 Å². The van der Waals surface area contributed by atoms with Crippen LogP contribution in [0.2, 0.25) is 0 Å². The van der Waals surface area contributed by atoms with Crippen LogP contribution in [0.4, 0.5) is 0 Å². The van der Waals surface area contributed by atoms with Crippen molar-refractivity contribution in [3.05, 3.63) is 70.8 Å². The average Bonchev–Trinajstić information content (AvgIpc) is 2.29. The second-order valence-corrected chi connectivity index (χ2v) is 4.57. The third kappa shape index (κ3) is 2.28. The fraction of sp³-hybridized carbons (Fsp3) is 0.200. The van der Waals surface area contributed by atoms with Crippen LogP contribution in [0.5, 0.6) is 0 Å². The molecule has 0 aliphatic rings. The van der Waals surface area contributed by atoms with Gasteiger partial charge in [0.2, 0.25) is 0 Å². The van der Waals surface area contributed by atoms with Crippen molar-refractivity contribution in [2.75, 3.05) is 0 Å². The van der Waals surface area contributed by atoms with Crippen LogP contribution in [0.25, 0.3) is 0 Å². The minimum atomic E-state index is -0.0539. The Balaban J connectivity index is 2.38. The first-order valence-electron chi connectivity index (χ1n) is 5.44. The highest BCUT2D eigenvalue weighted by molar-refractivity contribution is 6.22. The van der Waals surface area contributed by atoms with Gasteiger partial charge in [-0.2, -0.15) is 0 Å². The Morgan fingerprint density at radius 1 is 0.938 bits per heavy atom. The molecule has 0 saturated carbocycles. The van der Waals surface area contributed by atoms with Gasteiger partial charge in [0, 0.05) is 0 Å². The molecular weight excluding hydrogens is 216 g/mol. The Morgan fingerprint density at radius 3 is 2.25 bits per heavy atom. The third-order valence-electron chi connectivity index (χ3n) is 2.79. The van der Waals surface area contributed by atoms with E-state index in [1.54, 1.807) is 0 Å². The van der Waals surface area contributed by atoms with Gasteiger partial charge in [0.25, 0.3) is 0 Å². The molecule has 0 fully saturated rings. The zero-order chi connectivity index (χ0) is 11.5. The molecule has 0 spiro atoms. The smallest absolute Gasteiger partial charge is 0.0838 e. The first-order chi connectivity index (χ1) is 7.68. The SMILES string of the molecule is Cc1ccc(C(Cl)c2ccccc2)c(C)c1. The van der Waals surface area contributed by atoms with E-state index in [9.17, 15) is 0 Å². The number of hydrogen-bond donors (Lipinski definition) is 0. The maximum atomic E-state index is 6.49. The quantitative estimate of drug-likeness (QED) is 0.660. The van der Waals surface area contributed by atoms with Crippen molar-refractivity contribution in [2.45, 2.75) is 19.2 Å². The minimum absolute atomic E-state index is 0.0539. The summed E-state index contributed by atoms with van der Waals surface area (Å²) in [7, 11) is 0. The number of hydrogen-bond acceptors (Lipinski definition) is 0. The van der Waals surface area contributed by atoms with Crippen molar-refractivity contribution in [3.63, 3.8) is 0 Å². The maximum absolute atomic E-state index is 6.49. The lowest BCUT2D eigenvalue weighted by Gasteiger charge is -2.13. The summed E-state index contributed by atoms with van der Waals surface area (Å²) in [5.74, 6) is 0. The van der Waals surface area contributed by atoms with Gasteiger partial charge in [0.15, 0.2) is 0 Å². The number of aryl methyl sites for hydroxylation is 2. The van der Waals surface area contributed by atoms with E-state index in [0.29, 0.717) is 0 Å². The largest absolute Gasteiger partial charge is 0.113 e. The zero-order valence-corrected chi connectivity index (χ0v) is 10.3.